The molecule has 0 aliphatic carbocycles. The second kappa shape index (κ2) is 6.30. The van der Waals surface area contributed by atoms with E-state index < -0.39 is 0 Å². The molecule has 0 unspecified atom stereocenters. The first-order valence-corrected chi connectivity index (χ1v) is 7.17. The average molecular weight is 385 g/mol. The van der Waals surface area contributed by atoms with Crippen LogP contribution < -0.4 is 4.74 Å². The van der Waals surface area contributed by atoms with E-state index in [1.807, 2.05) is 12.1 Å². The molecule has 3 nitrogen and oxygen atoms in total. The Balaban J connectivity index is 2.17. The highest BCUT2D eigenvalue weighted by atomic mass is 79.9. The lowest BCUT2D eigenvalue weighted by molar-refractivity contribution is 0.101. The van der Waals surface area contributed by atoms with Crippen LogP contribution in [0.25, 0.3) is 0 Å². The SMILES string of the molecule is CC(=O)c1cc(Br)ccc1OCc1cncc(Br)c1. The van der Waals surface area contributed by atoms with Gasteiger partial charge in [0, 0.05) is 26.9 Å². The third-order valence-corrected chi connectivity index (χ3v) is 3.40. The van der Waals surface area contributed by atoms with Gasteiger partial charge in [0.05, 0.1) is 5.56 Å². The lowest BCUT2D eigenvalue weighted by atomic mass is 10.1. The number of Topliss-reactive ketones (excluding diaryl/α,β-unsaturated/α-hetero) is 1. The van der Waals surface area contributed by atoms with Crippen LogP contribution in [0, 0.1) is 0 Å². The number of carbonyl (C=O) groups is 1. The van der Waals surface area contributed by atoms with Crippen molar-refractivity contribution < 1.29 is 9.53 Å². The van der Waals surface area contributed by atoms with Gasteiger partial charge in [0.25, 0.3) is 0 Å². The Bertz CT molecular complexity index is 614. The highest BCUT2D eigenvalue weighted by Gasteiger charge is 2.09. The molecule has 0 aliphatic heterocycles. The van der Waals surface area contributed by atoms with Gasteiger partial charge >= 0.3 is 0 Å². The monoisotopic (exact) mass is 383 g/mol. The van der Waals surface area contributed by atoms with Crippen LogP contribution in [0.1, 0.15) is 22.8 Å². The summed E-state index contributed by atoms with van der Waals surface area (Å²) in [7, 11) is 0. The van der Waals surface area contributed by atoms with E-state index in [9.17, 15) is 4.79 Å². The van der Waals surface area contributed by atoms with E-state index in [0.29, 0.717) is 17.9 Å². The number of hydrogen-bond donors (Lipinski definition) is 0. The Kier molecular flexibility index (Phi) is 4.71. The third kappa shape index (κ3) is 3.88. The number of rotatable bonds is 4. The number of ether oxygens (including phenoxy) is 1. The van der Waals surface area contributed by atoms with Crippen LogP contribution in [0.3, 0.4) is 0 Å². The summed E-state index contributed by atoms with van der Waals surface area (Å²) in [4.78, 5) is 15.6. The summed E-state index contributed by atoms with van der Waals surface area (Å²) in [6, 6.07) is 7.32. The van der Waals surface area contributed by atoms with Crippen LogP contribution in [-0.2, 0) is 6.61 Å². The topological polar surface area (TPSA) is 39.2 Å². The maximum Gasteiger partial charge on any atom is 0.163 e. The number of benzene rings is 1. The normalized spacial score (nSPS) is 10.3. The van der Waals surface area contributed by atoms with Crippen molar-refractivity contribution in [3.63, 3.8) is 0 Å². The van der Waals surface area contributed by atoms with Crippen molar-refractivity contribution in [2.24, 2.45) is 0 Å². The number of aromatic nitrogens is 1. The van der Waals surface area contributed by atoms with Crippen molar-refractivity contribution in [3.05, 3.63) is 56.7 Å². The molecule has 1 heterocycles. The Hall–Kier alpha value is -1.20. The Morgan fingerprint density at radius 3 is 2.68 bits per heavy atom. The molecule has 0 saturated carbocycles. The van der Waals surface area contributed by atoms with Gasteiger partial charge < -0.3 is 4.74 Å². The van der Waals surface area contributed by atoms with E-state index in [4.69, 9.17) is 4.74 Å². The van der Waals surface area contributed by atoms with Crippen molar-refractivity contribution >= 4 is 37.6 Å². The molecule has 5 heteroatoms. The third-order valence-electron chi connectivity index (χ3n) is 2.48. The smallest absolute Gasteiger partial charge is 0.163 e. The lowest BCUT2D eigenvalue weighted by Gasteiger charge is -2.10. The van der Waals surface area contributed by atoms with Crippen molar-refractivity contribution in [1.82, 2.24) is 4.98 Å². The van der Waals surface area contributed by atoms with Gasteiger partial charge in [-0.05, 0) is 47.1 Å². The average Bonchev–Trinajstić information content (AvgIpc) is 2.37. The van der Waals surface area contributed by atoms with Crippen LogP contribution >= 0.6 is 31.9 Å². The Morgan fingerprint density at radius 1 is 1.21 bits per heavy atom. The van der Waals surface area contributed by atoms with Gasteiger partial charge in [-0.2, -0.15) is 0 Å². The van der Waals surface area contributed by atoms with Gasteiger partial charge in [-0.25, -0.2) is 0 Å². The molecule has 0 N–H and O–H groups in total. The van der Waals surface area contributed by atoms with Crippen LogP contribution in [0.2, 0.25) is 0 Å². The quantitative estimate of drug-likeness (QED) is 0.734. The van der Waals surface area contributed by atoms with Crippen LogP contribution in [0.5, 0.6) is 5.75 Å². The second-order valence-electron chi connectivity index (χ2n) is 4.00. The first kappa shape index (κ1) is 14.2. The summed E-state index contributed by atoms with van der Waals surface area (Å²) in [6.07, 6.45) is 3.45. The molecule has 19 heavy (non-hydrogen) atoms. The largest absolute Gasteiger partial charge is 0.488 e. The molecule has 0 saturated heterocycles. The first-order valence-electron chi connectivity index (χ1n) is 5.59. The zero-order chi connectivity index (χ0) is 13.8. The van der Waals surface area contributed by atoms with Crippen molar-refractivity contribution in [2.75, 3.05) is 0 Å². The molecule has 1 aromatic carbocycles. The van der Waals surface area contributed by atoms with Gasteiger partial charge in [0.1, 0.15) is 12.4 Å². The molecule has 0 spiro atoms. The van der Waals surface area contributed by atoms with Gasteiger partial charge in [0.2, 0.25) is 0 Å². The number of hydrogen-bond acceptors (Lipinski definition) is 3. The highest BCUT2D eigenvalue weighted by Crippen LogP contribution is 2.24. The van der Waals surface area contributed by atoms with Gasteiger partial charge in [-0.15, -0.1) is 0 Å². The fourth-order valence-electron chi connectivity index (χ4n) is 1.60. The van der Waals surface area contributed by atoms with E-state index in [2.05, 4.69) is 36.8 Å². The summed E-state index contributed by atoms with van der Waals surface area (Å²) in [5, 5.41) is 0. The van der Waals surface area contributed by atoms with Crippen molar-refractivity contribution in [3.8, 4) is 5.75 Å². The van der Waals surface area contributed by atoms with Gasteiger partial charge in [-0.1, -0.05) is 15.9 Å². The molecule has 0 atom stereocenters. The molecule has 0 amide bonds. The number of ketones is 1. The minimum Gasteiger partial charge on any atom is -0.488 e. The number of pyridine rings is 1. The van der Waals surface area contributed by atoms with Gasteiger partial charge in [-0.3, -0.25) is 9.78 Å². The fraction of sp³-hybridized carbons (Fsp3) is 0.143. The Labute approximate surface area is 128 Å². The predicted molar refractivity (Wildman–Crippen MR) is 80.4 cm³/mol. The lowest BCUT2D eigenvalue weighted by Crippen LogP contribution is -2.02. The zero-order valence-electron chi connectivity index (χ0n) is 10.2. The summed E-state index contributed by atoms with van der Waals surface area (Å²) in [5.74, 6) is 0.555. The van der Waals surface area contributed by atoms with E-state index in [1.165, 1.54) is 6.92 Å². The molecule has 0 bridgehead atoms. The van der Waals surface area contributed by atoms with Crippen molar-refractivity contribution in [2.45, 2.75) is 13.5 Å². The molecule has 0 fully saturated rings. The highest BCUT2D eigenvalue weighted by molar-refractivity contribution is 9.10. The predicted octanol–water partition coefficient (Wildman–Crippen LogP) is 4.39. The standard InChI is InChI=1S/C14H11Br2NO2/c1-9(18)13-5-11(15)2-3-14(13)19-8-10-4-12(16)7-17-6-10/h2-7H,8H2,1H3. The minimum absolute atomic E-state index is 0.0244. The van der Waals surface area contributed by atoms with Crippen LogP contribution in [-0.4, -0.2) is 10.8 Å². The summed E-state index contributed by atoms with van der Waals surface area (Å²) in [6.45, 7) is 1.89. The number of nitrogens with zero attached hydrogens (tertiary/aromatic N) is 1. The molecule has 0 aliphatic rings. The molecule has 98 valence electrons. The molecule has 0 radical (unpaired) electrons. The number of halogens is 2. The Morgan fingerprint density at radius 2 is 2.00 bits per heavy atom. The minimum atomic E-state index is -0.0244. The van der Waals surface area contributed by atoms with E-state index in [0.717, 1.165) is 14.5 Å². The fourth-order valence-corrected chi connectivity index (χ4v) is 2.37. The molecule has 2 aromatic rings. The van der Waals surface area contributed by atoms with E-state index >= 15 is 0 Å². The summed E-state index contributed by atoms with van der Waals surface area (Å²) >= 11 is 6.70. The summed E-state index contributed by atoms with van der Waals surface area (Å²) < 4.78 is 7.45. The maximum atomic E-state index is 11.6. The van der Waals surface area contributed by atoms with Gasteiger partial charge in [0.15, 0.2) is 5.78 Å². The van der Waals surface area contributed by atoms with Crippen molar-refractivity contribution in [1.29, 1.82) is 0 Å². The number of carbonyl (C=O) groups excluding carboxylic acids is 1. The maximum absolute atomic E-state index is 11.6. The molecular weight excluding hydrogens is 374 g/mol. The van der Waals surface area contributed by atoms with Crippen LogP contribution in [0.15, 0.2) is 45.6 Å². The van der Waals surface area contributed by atoms with Crippen LogP contribution in [0.4, 0.5) is 0 Å². The molecule has 2 rings (SSSR count). The molecule has 1 aromatic heterocycles. The van der Waals surface area contributed by atoms with E-state index in [1.54, 1.807) is 24.5 Å². The first-order chi connectivity index (χ1) is 9.06. The van der Waals surface area contributed by atoms with E-state index in [-0.39, 0.29) is 5.78 Å². The zero-order valence-corrected chi connectivity index (χ0v) is 13.4. The molecular formula is C14H11Br2NO2. The second-order valence-corrected chi connectivity index (χ2v) is 5.83. The summed E-state index contributed by atoms with van der Waals surface area (Å²) in [5.41, 5.74) is 1.50.